The fourth-order valence-electron chi connectivity index (χ4n) is 2.27. The van der Waals surface area contributed by atoms with Crippen LogP contribution >= 0.6 is 0 Å². The van der Waals surface area contributed by atoms with Crippen LogP contribution in [0.15, 0.2) is 39.5 Å². The Morgan fingerprint density at radius 2 is 1.88 bits per heavy atom. The van der Waals surface area contributed by atoms with Gasteiger partial charge in [-0.2, -0.15) is 13.2 Å². The summed E-state index contributed by atoms with van der Waals surface area (Å²) in [6.07, 6.45) is -4.84. The quantitative estimate of drug-likeness (QED) is 0.682. The number of aromatic nitrogens is 1. The molecule has 0 unspecified atom stereocenters. The van der Waals surface area contributed by atoms with E-state index in [9.17, 15) is 22.8 Å². The van der Waals surface area contributed by atoms with Gasteiger partial charge in [0, 0.05) is 14.1 Å². The molecule has 0 spiro atoms. The van der Waals surface area contributed by atoms with Crippen molar-refractivity contribution < 1.29 is 22.4 Å². The van der Waals surface area contributed by atoms with Crippen LogP contribution in [0.4, 0.5) is 23.7 Å². The number of nitrogens with one attached hydrogen (secondary N) is 1. The number of rotatable bonds is 1. The van der Waals surface area contributed by atoms with Crippen molar-refractivity contribution in [3.63, 3.8) is 0 Å². The first kappa shape index (κ1) is 16.7. The summed E-state index contributed by atoms with van der Waals surface area (Å²) >= 11 is 0. The molecule has 3 aromatic rings. The number of hydrogen-bond donors (Lipinski definition) is 1. The minimum Gasteiger partial charge on any atom is -0.437 e. The number of pyridine rings is 1. The van der Waals surface area contributed by atoms with Gasteiger partial charge in [0.2, 0.25) is 11.1 Å². The number of halogens is 3. The lowest BCUT2D eigenvalue weighted by Crippen LogP contribution is -2.29. The van der Waals surface area contributed by atoms with E-state index in [-0.39, 0.29) is 16.4 Å². The Morgan fingerprint density at radius 1 is 1.20 bits per heavy atom. The molecule has 0 aliphatic heterocycles. The second kappa shape index (κ2) is 5.76. The van der Waals surface area contributed by atoms with Gasteiger partial charge in [-0.1, -0.05) is 12.1 Å². The number of urea groups is 1. The fraction of sp³-hybridized carbons (Fsp3) is 0.188. The van der Waals surface area contributed by atoms with Crippen LogP contribution in [0, 0.1) is 0 Å². The molecule has 0 bridgehead atoms. The van der Waals surface area contributed by atoms with E-state index in [4.69, 9.17) is 4.42 Å². The zero-order valence-corrected chi connectivity index (χ0v) is 13.1. The van der Waals surface area contributed by atoms with Crippen LogP contribution in [0.1, 0.15) is 5.69 Å². The smallest absolute Gasteiger partial charge is 0.435 e. The number of carbonyl (C=O) groups excluding carboxylic acids is 1. The molecule has 9 heteroatoms. The van der Waals surface area contributed by atoms with Crippen LogP contribution in [0.5, 0.6) is 0 Å². The second-order valence-electron chi connectivity index (χ2n) is 5.49. The molecule has 0 atom stereocenters. The average Bonchev–Trinajstić information content (AvgIpc) is 2.54. The molecule has 0 saturated heterocycles. The normalized spacial score (nSPS) is 11.7. The molecular weight excluding hydrogens is 339 g/mol. The lowest BCUT2D eigenvalue weighted by Gasteiger charge is -2.16. The van der Waals surface area contributed by atoms with Gasteiger partial charge in [-0.25, -0.2) is 9.78 Å². The Bertz CT molecular complexity index is 1040. The van der Waals surface area contributed by atoms with Gasteiger partial charge in [0.25, 0.3) is 0 Å². The maximum atomic E-state index is 13.3. The summed E-state index contributed by atoms with van der Waals surface area (Å²) in [6, 6.07) is 6.32. The van der Waals surface area contributed by atoms with Crippen molar-refractivity contribution in [2.45, 2.75) is 6.18 Å². The van der Waals surface area contributed by atoms with Crippen molar-refractivity contribution in [1.29, 1.82) is 0 Å². The average molecular weight is 351 g/mol. The maximum absolute atomic E-state index is 13.3. The van der Waals surface area contributed by atoms with Gasteiger partial charge in [0.1, 0.15) is 5.58 Å². The van der Waals surface area contributed by atoms with Crippen LogP contribution in [0.3, 0.4) is 0 Å². The molecule has 2 heterocycles. The Balaban J connectivity index is 2.33. The van der Waals surface area contributed by atoms with Gasteiger partial charge < -0.3 is 14.6 Å². The zero-order chi connectivity index (χ0) is 18.4. The van der Waals surface area contributed by atoms with Crippen LogP contribution in [-0.4, -0.2) is 30.0 Å². The number of carbonyl (C=O) groups is 1. The summed E-state index contributed by atoms with van der Waals surface area (Å²) in [5.74, 6) is 0. The lowest BCUT2D eigenvalue weighted by molar-refractivity contribution is -0.140. The standard InChI is InChI=1S/C16H12F3N3O3/c1-22(2)15(24)20-10-7-9-12(23)8-5-3-4-6-11(8)25-14(9)21-13(10)16(17,18)19/h3-7H,1-2H3,(H,20,24). The number of fused-ring (bicyclic) bond motifs is 2. The second-order valence-corrected chi connectivity index (χ2v) is 5.49. The van der Waals surface area contributed by atoms with Gasteiger partial charge in [0.05, 0.1) is 16.5 Å². The topological polar surface area (TPSA) is 75.4 Å². The molecule has 2 amide bonds. The van der Waals surface area contributed by atoms with Crippen LogP contribution in [0.2, 0.25) is 0 Å². The SMILES string of the molecule is CN(C)C(=O)Nc1cc2c(=O)c3ccccc3oc2nc1C(F)(F)F. The Labute approximate surface area is 138 Å². The molecule has 0 saturated carbocycles. The molecule has 1 aromatic carbocycles. The van der Waals surface area contributed by atoms with Crippen molar-refractivity contribution in [2.24, 2.45) is 0 Å². The van der Waals surface area contributed by atoms with E-state index in [0.717, 1.165) is 11.0 Å². The lowest BCUT2D eigenvalue weighted by atomic mass is 10.1. The predicted molar refractivity (Wildman–Crippen MR) is 85.5 cm³/mol. The van der Waals surface area contributed by atoms with Crippen molar-refractivity contribution in [3.8, 4) is 0 Å². The molecule has 0 fully saturated rings. The largest absolute Gasteiger partial charge is 0.437 e. The monoisotopic (exact) mass is 351 g/mol. The maximum Gasteiger partial charge on any atom is 0.435 e. The summed E-state index contributed by atoms with van der Waals surface area (Å²) in [5, 5.41) is 2.17. The van der Waals surface area contributed by atoms with E-state index < -0.39 is 34.7 Å². The molecule has 25 heavy (non-hydrogen) atoms. The van der Waals surface area contributed by atoms with Crippen LogP contribution < -0.4 is 10.7 Å². The minimum absolute atomic E-state index is 0.130. The van der Waals surface area contributed by atoms with E-state index in [1.807, 2.05) is 0 Å². The third-order valence-electron chi connectivity index (χ3n) is 3.49. The van der Waals surface area contributed by atoms with Gasteiger partial charge in [-0.3, -0.25) is 4.79 Å². The number of alkyl halides is 3. The third-order valence-corrected chi connectivity index (χ3v) is 3.49. The van der Waals surface area contributed by atoms with Gasteiger partial charge in [-0.15, -0.1) is 0 Å². The minimum atomic E-state index is -4.84. The highest BCUT2D eigenvalue weighted by molar-refractivity contribution is 5.94. The number of benzene rings is 1. The molecular formula is C16H12F3N3O3. The molecule has 2 aromatic heterocycles. The first-order chi connectivity index (χ1) is 11.7. The van der Waals surface area contributed by atoms with Crippen molar-refractivity contribution >= 4 is 33.8 Å². The van der Waals surface area contributed by atoms with Gasteiger partial charge in [-0.05, 0) is 18.2 Å². The molecule has 130 valence electrons. The molecule has 6 nitrogen and oxygen atoms in total. The summed E-state index contributed by atoms with van der Waals surface area (Å²) in [7, 11) is 2.75. The number of nitrogens with zero attached hydrogens (tertiary/aromatic N) is 2. The summed E-state index contributed by atoms with van der Waals surface area (Å²) in [5.41, 5.74) is -2.79. The molecule has 1 N–H and O–H groups in total. The third kappa shape index (κ3) is 3.00. The summed E-state index contributed by atoms with van der Waals surface area (Å²) in [6.45, 7) is 0. The van der Waals surface area contributed by atoms with E-state index in [1.165, 1.54) is 26.2 Å². The van der Waals surface area contributed by atoms with Crippen molar-refractivity contribution in [1.82, 2.24) is 9.88 Å². The van der Waals surface area contributed by atoms with Crippen LogP contribution in [-0.2, 0) is 6.18 Å². The zero-order valence-electron chi connectivity index (χ0n) is 13.1. The number of anilines is 1. The summed E-state index contributed by atoms with van der Waals surface area (Å²) < 4.78 is 45.2. The molecule has 0 radical (unpaired) electrons. The summed E-state index contributed by atoms with van der Waals surface area (Å²) in [4.78, 5) is 28.8. The van der Waals surface area contributed by atoms with E-state index in [2.05, 4.69) is 10.3 Å². The van der Waals surface area contributed by atoms with E-state index >= 15 is 0 Å². The number of hydrogen-bond acceptors (Lipinski definition) is 4. The van der Waals surface area contributed by atoms with E-state index in [0.29, 0.717) is 0 Å². The van der Waals surface area contributed by atoms with Crippen LogP contribution in [0.25, 0.3) is 22.1 Å². The number of amides is 2. The highest BCUT2D eigenvalue weighted by atomic mass is 19.4. The highest BCUT2D eigenvalue weighted by Gasteiger charge is 2.37. The van der Waals surface area contributed by atoms with Gasteiger partial charge in [0.15, 0.2) is 5.69 Å². The Kier molecular flexibility index (Phi) is 3.86. The Morgan fingerprint density at radius 3 is 2.52 bits per heavy atom. The highest BCUT2D eigenvalue weighted by Crippen LogP contribution is 2.35. The van der Waals surface area contributed by atoms with Gasteiger partial charge >= 0.3 is 12.2 Å². The molecule has 0 aliphatic carbocycles. The Hall–Kier alpha value is -3.10. The molecule has 3 rings (SSSR count). The first-order valence-electron chi connectivity index (χ1n) is 7.10. The number of para-hydroxylation sites is 1. The van der Waals surface area contributed by atoms with Crippen molar-refractivity contribution in [3.05, 3.63) is 46.2 Å². The molecule has 0 aliphatic rings. The van der Waals surface area contributed by atoms with Crippen molar-refractivity contribution in [2.75, 3.05) is 19.4 Å². The fourth-order valence-corrected chi connectivity index (χ4v) is 2.27. The predicted octanol–water partition coefficient (Wildman–Crippen LogP) is 3.45. The first-order valence-corrected chi connectivity index (χ1v) is 7.10. The van der Waals surface area contributed by atoms with E-state index in [1.54, 1.807) is 12.1 Å².